The summed E-state index contributed by atoms with van der Waals surface area (Å²) in [5.74, 6) is 0.457. The van der Waals surface area contributed by atoms with Gasteiger partial charge < -0.3 is 5.73 Å². The van der Waals surface area contributed by atoms with Gasteiger partial charge >= 0.3 is 27.3 Å². The molecule has 0 aromatic carbocycles. The van der Waals surface area contributed by atoms with Gasteiger partial charge in [-0.05, 0) is 0 Å². The van der Waals surface area contributed by atoms with E-state index in [1.165, 1.54) is 6.33 Å². The van der Waals surface area contributed by atoms with Crippen molar-refractivity contribution in [2.75, 3.05) is 5.73 Å². The molecule has 56 valence electrons. The second-order valence-corrected chi connectivity index (χ2v) is 1.89. The predicted octanol–water partition coefficient (Wildman–Crippen LogP) is -0.981. The summed E-state index contributed by atoms with van der Waals surface area (Å²) in [5, 5.41) is 7.20. The molecule has 2 aromatic heterocycles. The fraction of sp³-hybridized carbons (Fsp3) is 0. The number of fused-ring (bicyclic) bond motifs is 1. The Morgan fingerprint density at radius 3 is 2.91 bits per heavy atom. The molecule has 0 saturated heterocycles. The van der Waals surface area contributed by atoms with E-state index in [1.54, 1.807) is 6.20 Å². The zero-order valence-electron chi connectivity index (χ0n) is 5.78. The van der Waals surface area contributed by atoms with E-state index < -0.39 is 0 Å². The van der Waals surface area contributed by atoms with Gasteiger partial charge in [0.05, 0.1) is 11.6 Å². The van der Waals surface area contributed by atoms with Gasteiger partial charge in [0.15, 0.2) is 5.65 Å². The van der Waals surface area contributed by atoms with Crippen LogP contribution in [0.4, 0.5) is 5.82 Å². The Morgan fingerprint density at radius 1 is 1.36 bits per heavy atom. The van der Waals surface area contributed by atoms with Crippen LogP contribution in [0.2, 0.25) is 0 Å². The summed E-state index contributed by atoms with van der Waals surface area (Å²) in [6, 6.07) is 0. The SMILES string of the molecule is Nc1ncnc2[nH]ncc12.[PbH2]. The Hall–Kier alpha value is -0.728. The molecule has 2 aromatic rings. The minimum absolute atomic E-state index is 0. The van der Waals surface area contributed by atoms with E-state index in [0.717, 1.165) is 5.39 Å². The molecule has 0 spiro atoms. The summed E-state index contributed by atoms with van der Waals surface area (Å²) >= 11 is 0. The molecule has 5 nitrogen and oxygen atoms in total. The number of H-pyrrole nitrogens is 1. The Labute approximate surface area is 82.6 Å². The molecule has 0 unspecified atom stereocenters. The number of aromatic amines is 1. The molecule has 0 saturated carbocycles. The number of nitrogen functional groups attached to an aromatic ring is 1. The fourth-order valence-corrected chi connectivity index (χ4v) is 0.784. The van der Waals surface area contributed by atoms with Gasteiger partial charge in [-0.3, -0.25) is 5.10 Å². The predicted molar refractivity (Wildman–Crippen MR) is 44.6 cm³/mol. The zero-order chi connectivity index (χ0) is 6.97. The fourth-order valence-electron chi connectivity index (χ4n) is 0.784. The molecule has 6 heteroatoms. The first-order valence-corrected chi connectivity index (χ1v) is 2.77. The number of aromatic nitrogens is 4. The maximum absolute atomic E-state index is 5.49. The van der Waals surface area contributed by atoms with Crippen molar-refractivity contribution in [2.45, 2.75) is 0 Å². The van der Waals surface area contributed by atoms with Crippen LogP contribution in [0.15, 0.2) is 12.5 Å². The number of rotatable bonds is 0. The number of nitrogens with two attached hydrogens (primary N) is 1. The summed E-state index contributed by atoms with van der Waals surface area (Å²) < 4.78 is 0. The first kappa shape index (κ1) is 8.37. The monoisotopic (exact) mass is 345 g/mol. The Kier molecular flexibility index (Phi) is 2.37. The van der Waals surface area contributed by atoms with Crippen molar-refractivity contribution in [3.63, 3.8) is 0 Å². The maximum atomic E-state index is 5.49. The van der Waals surface area contributed by atoms with Crippen molar-refractivity contribution in [1.29, 1.82) is 0 Å². The van der Waals surface area contributed by atoms with Crippen LogP contribution in [-0.2, 0) is 0 Å². The molecular formula is C5H7N5Pb. The molecule has 0 aliphatic rings. The van der Waals surface area contributed by atoms with E-state index in [0.29, 0.717) is 11.5 Å². The molecule has 0 fully saturated rings. The second-order valence-electron chi connectivity index (χ2n) is 1.89. The molecule has 0 atom stereocenters. The van der Waals surface area contributed by atoms with E-state index in [9.17, 15) is 0 Å². The van der Waals surface area contributed by atoms with Crippen LogP contribution < -0.4 is 5.73 Å². The van der Waals surface area contributed by atoms with E-state index in [-0.39, 0.29) is 27.3 Å². The molecule has 0 bridgehead atoms. The third-order valence-corrected chi connectivity index (χ3v) is 1.28. The third kappa shape index (κ3) is 1.32. The Balaban J connectivity index is 0.000000605. The van der Waals surface area contributed by atoms with Crippen LogP contribution in [0.3, 0.4) is 0 Å². The van der Waals surface area contributed by atoms with Crippen LogP contribution >= 0.6 is 0 Å². The minimum atomic E-state index is 0. The van der Waals surface area contributed by atoms with E-state index in [4.69, 9.17) is 5.73 Å². The summed E-state index contributed by atoms with van der Waals surface area (Å²) in [6.07, 6.45) is 3.00. The molecule has 0 aliphatic carbocycles. The normalized spacial score (nSPS) is 9.45. The van der Waals surface area contributed by atoms with Crippen molar-refractivity contribution in [3.8, 4) is 0 Å². The molecule has 0 aliphatic heterocycles. The molecule has 11 heavy (non-hydrogen) atoms. The Bertz CT molecular complexity index is 356. The van der Waals surface area contributed by atoms with Gasteiger partial charge in [0.1, 0.15) is 12.1 Å². The van der Waals surface area contributed by atoms with Gasteiger partial charge in [0, 0.05) is 0 Å². The van der Waals surface area contributed by atoms with Crippen LogP contribution in [-0.4, -0.2) is 47.5 Å². The molecule has 3 N–H and O–H groups in total. The van der Waals surface area contributed by atoms with Crippen molar-refractivity contribution in [1.82, 2.24) is 20.2 Å². The van der Waals surface area contributed by atoms with Crippen molar-refractivity contribution >= 4 is 44.2 Å². The summed E-state index contributed by atoms with van der Waals surface area (Å²) in [4.78, 5) is 7.68. The van der Waals surface area contributed by atoms with E-state index in [2.05, 4.69) is 20.2 Å². The topological polar surface area (TPSA) is 80.5 Å². The van der Waals surface area contributed by atoms with Gasteiger partial charge in [-0.1, -0.05) is 0 Å². The first-order valence-electron chi connectivity index (χ1n) is 2.77. The van der Waals surface area contributed by atoms with Gasteiger partial charge in [-0.2, -0.15) is 5.10 Å². The molecular weight excluding hydrogens is 337 g/mol. The van der Waals surface area contributed by atoms with Crippen LogP contribution in [0.1, 0.15) is 0 Å². The third-order valence-electron chi connectivity index (χ3n) is 1.28. The summed E-state index contributed by atoms with van der Waals surface area (Å²) in [6.45, 7) is 0. The number of hydrogen-bond acceptors (Lipinski definition) is 4. The number of nitrogens with one attached hydrogen (secondary N) is 1. The van der Waals surface area contributed by atoms with Crippen LogP contribution in [0, 0.1) is 0 Å². The van der Waals surface area contributed by atoms with Gasteiger partial charge in [0.25, 0.3) is 0 Å². The van der Waals surface area contributed by atoms with Crippen LogP contribution in [0.5, 0.6) is 0 Å². The number of hydrogen-bond donors (Lipinski definition) is 2. The quantitative estimate of drug-likeness (QED) is 0.602. The average molecular weight is 344 g/mol. The van der Waals surface area contributed by atoms with Crippen molar-refractivity contribution in [2.24, 2.45) is 0 Å². The Morgan fingerprint density at radius 2 is 2.18 bits per heavy atom. The molecule has 0 amide bonds. The summed E-state index contributed by atoms with van der Waals surface area (Å²) in [5.41, 5.74) is 6.16. The van der Waals surface area contributed by atoms with E-state index >= 15 is 0 Å². The van der Waals surface area contributed by atoms with E-state index in [1.807, 2.05) is 0 Å². The first-order chi connectivity index (χ1) is 4.88. The van der Waals surface area contributed by atoms with Crippen molar-refractivity contribution in [3.05, 3.63) is 12.5 Å². The van der Waals surface area contributed by atoms with Crippen LogP contribution in [0.25, 0.3) is 11.0 Å². The molecule has 2 rings (SSSR count). The molecule has 2 heterocycles. The number of nitrogens with zero attached hydrogens (tertiary/aromatic N) is 3. The standard InChI is InChI=1S/C5H5N5.Pb.2H/c6-4-3-1-9-10-5(3)8-2-7-4;;;/h1-2H,(H3,6,7,8,9,10);;;. The summed E-state index contributed by atoms with van der Waals surface area (Å²) in [7, 11) is 0. The number of anilines is 1. The van der Waals surface area contributed by atoms with Gasteiger partial charge in [-0.25, -0.2) is 9.97 Å². The molecule has 2 radical (unpaired) electrons. The zero-order valence-corrected chi connectivity index (χ0v) is 11.3. The van der Waals surface area contributed by atoms with Gasteiger partial charge in [-0.15, -0.1) is 0 Å². The van der Waals surface area contributed by atoms with Crippen molar-refractivity contribution < 1.29 is 0 Å². The van der Waals surface area contributed by atoms with Gasteiger partial charge in [0.2, 0.25) is 0 Å². The average Bonchev–Trinajstić information content (AvgIpc) is 2.36. The second kappa shape index (κ2) is 3.11.